The SMILES string of the molecule is CC(=O)O[C@H](C[C@H](C(C)C)N(C)C(=O)[C@@H](NC(=O)C1CCCCN1C)C(C)C)c1nc(C(=O)N[C@H](Cc2ccccc2)C[C@H](C)C(=O)O)c(CCOCc2ccccc2)s1. The number of likely N-dealkylation sites (tertiary alicyclic amines) is 1. The monoisotopic (exact) mass is 847 g/mol. The van der Waals surface area contributed by atoms with Gasteiger partial charge in [-0.25, -0.2) is 4.98 Å². The fourth-order valence-corrected chi connectivity index (χ4v) is 8.79. The molecule has 4 rings (SSSR count). The zero-order valence-corrected chi connectivity index (χ0v) is 37.3. The van der Waals surface area contributed by atoms with Gasteiger partial charge in [0.25, 0.3) is 5.91 Å². The Morgan fingerprint density at radius 1 is 0.917 bits per heavy atom. The Balaban J connectivity index is 1.63. The van der Waals surface area contributed by atoms with Crippen LogP contribution in [0.5, 0.6) is 0 Å². The summed E-state index contributed by atoms with van der Waals surface area (Å²) in [6.45, 7) is 12.2. The van der Waals surface area contributed by atoms with Crippen molar-refractivity contribution in [3.63, 3.8) is 0 Å². The second-order valence-electron chi connectivity index (χ2n) is 16.8. The molecule has 1 fully saturated rings. The van der Waals surface area contributed by atoms with Gasteiger partial charge in [-0.15, -0.1) is 11.3 Å². The van der Waals surface area contributed by atoms with Crippen molar-refractivity contribution in [2.24, 2.45) is 17.8 Å². The van der Waals surface area contributed by atoms with Crippen molar-refractivity contribution in [1.29, 1.82) is 0 Å². The van der Waals surface area contributed by atoms with Crippen LogP contribution < -0.4 is 10.6 Å². The lowest BCUT2D eigenvalue weighted by Gasteiger charge is -2.37. The van der Waals surface area contributed by atoms with E-state index in [0.29, 0.717) is 29.3 Å². The maximum absolute atomic E-state index is 14.3. The molecule has 2 aromatic carbocycles. The van der Waals surface area contributed by atoms with Gasteiger partial charge in [-0.05, 0) is 62.2 Å². The number of ether oxygens (including phenoxy) is 2. The number of rotatable bonds is 22. The number of likely N-dealkylation sites (N-methyl/N-ethyl adjacent to an activating group) is 2. The van der Waals surface area contributed by atoms with Gasteiger partial charge in [0.05, 0.1) is 25.2 Å². The summed E-state index contributed by atoms with van der Waals surface area (Å²) in [7, 11) is 3.65. The van der Waals surface area contributed by atoms with E-state index in [1.54, 1.807) is 18.9 Å². The van der Waals surface area contributed by atoms with E-state index in [1.165, 1.54) is 18.3 Å². The first-order chi connectivity index (χ1) is 28.5. The van der Waals surface area contributed by atoms with E-state index >= 15 is 0 Å². The van der Waals surface area contributed by atoms with Gasteiger partial charge in [0.15, 0.2) is 6.10 Å². The van der Waals surface area contributed by atoms with E-state index in [0.717, 1.165) is 36.9 Å². The van der Waals surface area contributed by atoms with Crippen LogP contribution in [-0.2, 0) is 48.1 Å². The Morgan fingerprint density at radius 3 is 2.15 bits per heavy atom. The summed E-state index contributed by atoms with van der Waals surface area (Å²) < 4.78 is 12.0. The predicted octanol–water partition coefficient (Wildman–Crippen LogP) is 6.46. The van der Waals surface area contributed by atoms with Gasteiger partial charge in [-0.1, -0.05) is 102 Å². The van der Waals surface area contributed by atoms with Gasteiger partial charge in [0.2, 0.25) is 11.8 Å². The molecule has 328 valence electrons. The molecule has 60 heavy (non-hydrogen) atoms. The molecule has 3 aromatic rings. The number of amides is 3. The molecule has 0 saturated carbocycles. The first-order valence-corrected chi connectivity index (χ1v) is 22.0. The number of piperidine rings is 1. The Hall–Kier alpha value is -4.66. The summed E-state index contributed by atoms with van der Waals surface area (Å²) in [4.78, 5) is 75.8. The lowest BCUT2D eigenvalue weighted by Crippen LogP contribution is -2.57. The number of benzene rings is 2. The van der Waals surface area contributed by atoms with Crippen LogP contribution in [0, 0.1) is 17.8 Å². The van der Waals surface area contributed by atoms with E-state index in [1.807, 2.05) is 100 Å². The lowest BCUT2D eigenvalue weighted by atomic mass is 9.94. The van der Waals surface area contributed by atoms with Crippen molar-refractivity contribution >= 4 is 41.0 Å². The molecule has 0 bridgehead atoms. The number of carbonyl (C=O) groups excluding carboxylic acids is 4. The number of aromatic nitrogens is 1. The van der Waals surface area contributed by atoms with Gasteiger partial charge in [0.1, 0.15) is 16.7 Å². The molecule has 3 amide bonds. The van der Waals surface area contributed by atoms with Crippen LogP contribution in [0.3, 0.4) is 0 Å². The fraction of sp³-hybridized carbons (Fsp3) is 0.565. The molecule has 0 spiro atoms. The zero-order valence-electron chi connectivity index (χ0n) is 36.5. The highest BCUT2D eigenvalue weighted by atomic mass is 32.1. The van der Waals surface area contributed by atoms with Crippen LogP contribution in [0.1, 0.15) is 111 Å². The number of hydrogen-bond donors (Lipinski definition) is 3. The Bertz CT molecular complexity index is 1860. The summed E-state index contributed by atoms with van der Waals surface area (Å²) in [5.74, 6) is -3.36. The second kappa shape index (κ2) is 23.4. The molecule has 1 aliphatic heterocycles. The molecular formula is C46H65N5O8S. The van der Waals surface area contributed by atoms with Crippen LogP contribution in [0.25, 0.3) is 0 Å². The molecular weight excluding hydrogens is 783 g/mol. The number of nitrogens with zero attached hydrogens (tertiary/aromatic N) is 3. The van der Waals surface area contributed by atoms with E-state index in [2.05, 4.69) is 10.6 Å². The third kappa shape index (κ3) is 14.2. The van der Waals surface area contributed by atoms with Gasteiger partial charge < -0.3 is 30.1 Å². The highest BCUT2D eigenvalue weighted by Crippen LogP contribution is 2.34. The highest BCUT2D eigenvalue weighted by molar-refractivity contribution is 7.12. The highest BCUT2D eigenvalue weighted by Gasteiger charge is 2.37. The summed E-state index contributed by atoms with van der Waals surface area (Å²) in [5.41, 5.74) is 2.10. The minimum Gasteiger partial charge on any atom is -0.481 e. The molecule has 1 aromatic heterocycles. The van der Waals surface area contributed by atoms with Crippen LogP contribution in [-0.4, -0.2) is 101 Å². The van der Waals surface area contributed by atoms with Crippen molar-refractivity contribution < 1.29 is 38.6 Å². The number of aliphatic carboxylic acids is 1. The molecule has 0 radical (unpaired) electrons. The van der Waals surface area contributed by atoms with E-state index in [9.17, 15) is 29.1 Å². The maximum Gasteiger partial charge on any atom is 0.306 e. The molecule has 3 N–H and O–H groups in total. The number of esters is 1. The Kier molecular flexibility index (Phi) is 18.7. The largest absolute Gasteiger partial charge is 0.481 e. The van der Waals surface area contributed by atoms with Gasteiger partial charge in [-0.3, -0.25) is 28.9 Å². The van der Waals surface area contributed by atoms with Crippen LogP contribution in [0.15, 0.2) is 60.7 Å². The van der Waals surface area contributed by atoms with Gasteiger partial charge >= 0.3 is 11.9 Å². The Labute approximate surface area is 359 Å². The van der Waals surface area contributed by atoms with Crippen molar-refractivity contribution in [2.75, 3.05) is 27.2 Å². The van der Waals surface area contributed by atoms with Crippen LogP contribution in [0.2, 0.25) is 0 Å². The quantitative estimate of drug-likeness (QED) is 0.0755. The molecule has 1 saturated heterocycles. The van der Waals surface area contributed by atoms with Crippen LogP contribution >= 0.6 is 11.3 Å². The molecule has 1 aliphatic rings. The van der Waals surface area contributed by atoms with Crippen molar-refractivity contribution in [2.45, 2.75) is 123 Å². The number of thiazole rings is 1. The third-order valence-corrected chi connectivity index (χ3v) is 12.4. The maximum atomic E-state index is 14.3. The topological polar surface area (TPSA) is 167 Å². The van der Waals surface area contributed by atoms with Crippen molar-refractivity contribution in [1.82, 2.24) is 25.4 Å². The first-order valence-electron chi connectivity index (χ1n) is 21.2. The molecule has 14 heteroatoms. The lowest BCUT2D eigenvalue weighted by molar-refractivity contribution is -0.149. The molecule has 2 heterocycles. The smallest absolute Gasteiger partial charge is 0.306 e. The Morgan fingerprint density at radius 2 is 1.57 bits per heavy atom. The number of carboxylic acids is 1. The number of nitrogens with one attached hydrogen (secondary N) is 2. The molecule has 0 aliphatic carbocycles. The predicted molar refractivity (Wildman–Crippen MR) is 232 cm³/mol. The summed E-state index contributed by atoms with van der Waals surface area (Å²) in [6, 6.07) is 17.3. The molecule has 13 nitrogen and oxygen atoms in total. The van der Waals surface area contributed by atoms with Gasteiger partial charge in [0, 0.05) is 43.8 Å². The minimum atomic E-state index is -0.958. The number of carbonyl (C=O) groups is 5. The minimum absolute atomic E-state index is 0.0893. The second-order valence-corrected chi connectivity index (χ2v) is 17.9. The van der Waals surface area contributed by atoms with E-state index in [4.69, 9.17) is 14.5 Å². The van der Waals surface area contributed by atoms with Crippen molar-refractivity contribution in [3.05, 3.63) is 87.4 Å². The fourth-order valence-electron chi connectivity index (χ4n) is 7.71. The molecule has 1 unspecified atom stereocenters. The average Bonchev–Trinajstić information content (AvgIpc) is 3.64. The summed E-state index contributed by atoms with van der Waals surface area (Å²) >= 11 is 1.26. The van der Waals surface area contributed by atoms with E-state index in [-0.39, 0.29) is 54.8 Å². The summed E-state index contributed by atoms with van der Waals surface area (Å²) in [5, 5.41) is 16.3. The number of carboxylic acid groups (broad SMARTS) is 1. The van der Waals surface area contributed by atoms with Crippen LogP contribution in [0.4, 0.5) is 0 Å². The molecule has 6 atom stereocenters. The van der Waals surface area contributed by atoms with E-state index < -0.39 is 48.0 Å². The van der Waals surface area contributed by atoms with Gasteiger partial charge in [-0.2, -0.15) is 0 Å². The standard InChI is InChI=1S/C46H65N5O8S/c1-29(2)37(51(8)45(55)40(30(3)4)48-42(53)36-21-15-16-23-50(36)7)27-38(59-32(6)52)44-49-41(39(60-44)22-24-58-28-34-19-13-10-14-20-34)43(54)47-35(25-31(5)46(56)57)26-33-17-11-9-12-18-33/h9-14,17-20,29-31,35-38,40H,15-16,21-28H2,1-8H3,(H,47,54)(H,48,53)(H,56,57)/t31-,35-,36?,37+,38+,40-/m0/s1. The number of hydrogen-bond acceptors (Lipinski definition) is 10. The zero-order chi connectivity index (χ0) is 43.9. The average molecular weight is 848 g/mol. The normalized spacial score (nSPS) is 17.0. The first kappa shape index (κ1) is 48.0. The third-order valence-electron chi connectivity index (χ3n) is 11.2. The summed E-state index contributed by atoms with van der Waals surface area (Å²) in [6.07, 6.45) is 2.96. The van der Waals surface area contributed by atoms with Crippen molar-refractivity contribution in [3.8, 4) is 0 Å².